The molecule has 3 rings (SSSR count). The van der Waals surface area contributed by atoms with Crippen LogP contribution in [0.3, 0.4) is 0 Å². The number of sulfone groups is 1. The average Bonchev–Trinajstić information content (AvgIpc) is 2.76. The minimum Gasteiger partial charge on any atom is -0.452 e. The van der Waals surface area contributed by atoms with Crippen LogP contribution in [-0.4, -0.2) is 77.0 Å². The molecule has 1 saturated heterocycles. The number of hydrogen-bond donors (Lipinski definition) is 0. The number of rotatable bonds is 6. The first-order valence-corrected chi connectivity index (χ1v) is 13.5. The molecule has 0 aromatic heterocycles. The molecule has 0 N–H and O–H groups in total. The van der Waals surface area contributed by atoms with Crippen molar-refractivity contribution < 1.29 is 31.2 Å². The average molecular weight is 495 g/mol. The summed E-state index contributed by atoms with van der Waals surface area (Å²) in [6.07, 6.45) is 1.06. The number of nitrogens with zero attached hydrogens (tertiary/aromatic N) is 2. The van der Waals surface area contributed by atoms with Crippen LogP contribution in [0, 0.1) is 13.8 Å². The van der Waals surface area contributed by atoms with Crippen LogP contribution in [0.15, 0.2) is 52.3 Å². The van der Waals surface area contributed by atoms with Gasteiger partial charge in [0.25, 0.3) is 5.91 Å². The lowest BCUT2D eigenvalue weighted by molar-refractivity contribution is -0.135. The fourth-order valence-electron chi connectivity index (χ4n) is 3.55. The van der Waals surface area contributed by atoms with Crippen molar-refractivity contribution in [3.63, 3.8) is 0 Å². The van der Waals surface area contributed by atoms with Gasteiger partial charge in [0.15, 0.2) is 16.4 Å². The summed E-state index contributed by atoms with van der Waals surface area (Å²) in [6.45, 7) is 3.81. The Morgan fingerprint density at radius 1 is 0.909 bits per heavy atom. The summed E-state index contributed by atoms with van der Waals surface area (Å²) in [7, 11) is -7.05. The molecule has 2 aromatic carbocycles. The van der Waals surface area contributed by atoms with Gasteiger partial charge in [0.05, 0.1) is 15.4 Å². The minimum absolute atomic E-state index is 0.0729. The van der Waals surface area contributed by atoms with Crippen molar-refractivity contribution in [3.05, 3.63) is 59.2 Å². The SMILES string of the molecule is Cc1ccc(S(=O)(=O)N2CCN(C(=O)COC(=O)c3ccc(S(C)(=O)=O)cc3)CC2)c(C)c1. The van der Waals surface area contributed by atoms with Crippen LogP contribution < -0.4 is 0 Å². The van der Waals surface area contributed by atoms with E-state index >= 15 is 0 Å². The summed E-state index contributed by atoms with van der Waals surface area (Å²) >= 11 is 0. The van der Waals surface area contributed by atoms with Gasteiger partial charge in [0, 0.05) is 32.4 Å². The first kappa shape index (κ1) is 24.9. The van der Waals surface area contributed by atoms with Gasteiger partial charge >= 0.3 is 5.97 Å². The first-order valence-electron chi connectivity index (χ1n) is 10.2. The van der Waals surface area contributed by atoms with E-state index in [2.05, 4.69) is 0 Å². The van der Waals surface area contributed by atoms with E-state index in [0.29, 0.717) is 5.56 Å². The molecule has 0 spiro atoms. The fourth-order valence-corrected chi connectivity index (χ4v) is 5.80. The van der Waals surface area contributed by atoms with Crippen LogP contribution in [0.1, 0.15) is 21.5 Å². The second-order valence-electron chi connectivity index (χ2n) is 7.93. The van der Waals surface area contributed by atoms with E-state index in [-0.39, 0.29) is 41.5 Å². The molecule has 0 radical (unpaired) electrons. The van der Waals surface area contributed by atoms with E-state index in [1.807, 2.05) is 13.0 Å². The number of esters is 1. The highest BCUT2D eigenvalue weighted by molar-refractivity contribution is 7.90. The molecule has 9 nitrogen and oxygen atoms in total. The molecular weight excluding hydrogens is 468 g/mol. The maximum absolute atomic E-state index is 13.0. The fraction of sp³-hybridized carbons (Fsp3) is 0.364. The van der Waals surface area contributed by atoms with Crippen LogP contribution in [0.5, 0.6) is 0 Å². The molecule has 0 aliphatic carbocycles. The van der Waals surface area contributed by atoms with Gasteiger partial charge in [0.1, 0.15) is 0 Å². The summed E-state index contributed by atoms with van der Waals surface area (Å²) in [5.74, 6) is -1.18. The lowest BCUT2D eigenvalue weighted by atomic mass is 10.2. The zero-order chi connectivity index (χ0) is 24.4. The third-order valence-electron chi connectivity index (χ3n) is 5.38. The van der Waals surface area contributed by atoms with Gasteiger partial charge in [-0.1, -0.05) is 17.7 Å². The number of ether oxygens (including phenoxy) is 1. The normalized spacial score (nSPS) is 15.3. The van der Waals surface area contributed by atoms with Crippen molar-refractivity contribution >= 4 is 31.7 Å². The Balaban J connectivity index is 1.54. The van der Waals surface area contributed by atoms with Gasteiger partial charge in [-0.3, -0.25) is 4.79 Å². The molecular formula is C22H26N2O7S2. The van der Waals surface area contributed by atoms with Gasteiger partial charge in [0.2, 0.25) is 10.0 Å². The van der Waals surface area contributed by atoms with Crippen LogP contribution in [0.2, 0.25) is 0 Å². The van der Waals surface area contributed by atoms with E-state index in [4.69, 9.17) is 4.74 Å². The summed E-state index contributed by atoms with van der Waals surface area (Å²) in [5.41, 5.74) is 1.77. The second-order valence-corrected chi connectivity index (χ2v) is 11.8. The van der Waals surface area contributed by atoms with Gasteiger partial charge in [-0.05, 0) is 49.7 Å². The van der Waals surface area contributed by atoms with Crippen molar-refractivity contribution in [2.45, 2.75) is 23.6 Å². The molecule has 0 unspecified atom stereocenters. The van der Waals surface area contributed by atoms with Crippen molar-refractivity contribution in [1.82, 2.24) is 9.21 Å². The standard InChI is InChI=1S/C22H26N2O7S2/c1-16-4-9-20(17(2)14-16)33(29,30)24-12-10-23(11-13-24)21(25)15-31-22(26)18-5-7-19(8-6-18)32(3,27)28/h4-9,14H,10-13,15H2,1-3H3. The van der Waals surface area contributed by atoms with Crippen molar-refractivity contribution in [1.29, 1.82) is 0 Å². The highest BCUT2D eigenvalue weighted by Crippen LogP contribution is 2.22. The molecule has 0 bridgehead atoms. The van der Waals surface area contributed by atoms with E-state index in [1.165, 1.54) is 33.5 Å². The van der Waals surface area contributed by atoms with Gasteiger partial charge in [-0.15, -0.1) is 0 Å². The summed E-state index contributed by atoms with van der Waals surface area (Å²) in [5, 5.41) is 0. The molecule has 1 aliphatic rings. The zero-order valence-electron chi connectivity index (χ0n) is 18.6. The van der Waals surface area contributed by atoms with Gasteiger partial charge in [-0.25, -0.2) is 21.6 Å². The van der Waals surface area contributed by atoms with Gasteiger partial charge < -0.3 is 9.64 Å². The van der Waals surface area contributed by atoms with Crippen LogP contribution in [0.4, 0.5) is 0 Å². The third-order valence-corrected chi connectivity index (χ3v) is 8.57. The predicted molar refractivity (Wildman–Crippen MR) is 121 cm³/mol. The topological polar surface area (TPSA) is 118 Å². The Morgan fingerprint density at radius 3 is 2.06 bits per heavy atom. The van der Waals surface area contributed by atoms with Crippen LogP contribution in [-0.2, 0) is 29.4 Å². The molecule has 178 valence electrons. The Hall–Kier alpha value is -2.76. The maximum Gasteiger partial charge on any atom is 0.338 e. The number of hydrogen-bond acceptors (Lipinski definition) is 7. The molecule has 0 saturated carbocycles. The number of aryl methyl sites for hydroxylation is 2. The largest absolute Gasteiger partial charge is 0.452 e. The Labute approximate surface area is 193 Å². The smallest absolute Gasteiger partial charge is 0.338 e. The number of carbonyl (C=O) groups excluding carboxylic acids is 2. The number of benzene rings is 2. The molecule has 2 aromatic rings. The number of amides is 1. The lowest BCUT2D eigenvalue weighted by Crippen LogP contribution is -2.51. The summed E-state index contributed by atoms with van der Waals surface area (Å²) < 4.78 is 55.3. The molecule has 11 heteroatoms. The van der Waals surface area contributed by atoms with Crippen molar-refractivity contribution in [2.75, 3.05) is 39.0 Å². The number of sulfonamides is 1. The van der Waals surface area contributed by atoms with Gasteiger partial charge in [-0.2, -0.15) is 4.31 Å². The minimum atomic E-state index is -3.67. The van der Waals surface area contributed by atoms with E-state index in [0.717, 1.165) is 11.8 Å². The highest BCUT2D eigenvalue weighted by Gasteiger charge is 2.31. The molecule has 0 atom stereocenters. The predicted octanol–water partition coefficient (Wildman–Crippen LogP) is 1.40. The van der Waals surface area contributed by atoms with E-state index in [9.17, 15) is 26.4 Å². The second kappa shape index (κ2) is 9.62. The molecule has 1 heterocycles. The summed E-state index contributed by atoms with van der Waals surface area (Å²) in [4.78, 5) is 26.4. The molecule has 1 amide bonds. The first-order chi connectivity index (χ1) is 15.4. The summed E-state index contributed by atoms with van der Waals surface area (Å²) in [6, 6.07) is 10.4. The molecule has 1 fully saturated rings. The maximum atomic E-state index is 13.0. The Bertz CT molecular complexity index is 1260. The van der Waals surface area contributed by atoms with Crippen LogP contribution >= 0.6 is 0 Å². The van der Waals surface area contributed by atoms with Crippen molar-refractivity contribution in [3.8, 4) is 0 Å². The number of piperazine rings is 1. The Kier molecular flexibility index (Phi) is 7.25. The van der Waals surface area contributed by atoms with E-state index < -0.39 is 38.3 Å². The Morgan fingerprint density at radius 2 is 1.52 bits per heavy atom. The quantitative estimate of drug-likeness (QED) is 0.557. The third kappa shape index (κ3) is 5.79. The van der Waals surface area contributed by atoms with Crippen molar-refractivity contribution in [2.24, 2.45) is 0 Å². The van der Waals surface area contributed by atoms with Crippen LogP contribution in [0.25, 0.3) is 0 Å². The lowest BCUT2D eigenvalue weighted by Gasteiger charge is -2.34. The van der Waals surface area contributed by atoms with E-state index in [1.54, 1.807) is 19.1 Å². The molecule has 33 heavy (non-hydrogen) atoms. The molecule has 1 aliphatic heterocycles. The zero-order valence-corrected chi connectivity index (χ0v) is 20.3. The highest BCUT2D eigenvalue weighted by atomic mass is 32.2. The monoisotopic (exact) mass is 494 g/mol. The number of carbonyl (C=O) groups is 2.